The lowest BCUT2D eigenvalue weighted by Crippen LogP contribution is -2.44. The minimum Gasteiger partial charge on any atom is -0.442 e. The molecule has 1 amide bonds. The predicted octanol–water partition coefficient (Wildman–Crippen LogP) is 3.56. The summed E-state index contributed by atoms with van der Waals surface area (Å²) in [5.74, 6) is -1.16. The zero-order valence-corrected chi connectivity index (χ0v) is 16.3. The Balaban J connectivity index is 2.28. The van der Waals surface area contributed by atoms with E-state index in [1.807, 2.05) is 6.07 Å². The average Bonchev–Trinajstić information content (AvgIpc) is 2.61. The van der Waals surface area contributed by atoms with Crippen LogP contribution in [0.1, 0.15) is 38.1 Å². The number of hydrogen-bond acceptors (Lipinski definition) is 6. The standard InChI is InChI=1S/C21H24N2O5/c1-14(27-16(3)24)23(15(2)28-17(4)25)20-12-8-11-19(13-20)22-21(26)18-9-6-5-7-10-18/h5-15H,1-4H3,(H,22,26). The van der Waals surface area contributed by atoms with Crippen LogP contribution in [-0.2, 0) is 19.1 Å². The summed E-state index contributed by atoms with van der Waals surface area (Å²) < 4.78 is 10.5. The maximum atomic E-state index is 12.4. The van der Waals surface area contributed by atoms with Crippen molar-refractivity contribution in [3.8, 4) is 0 Å². The fraction of sp³-hybridized carbons (Fsp3) is 0.286. The van der Waals surface area contributed by atoms with E-state index in [0.29, 0.717) is 16.9 Å². The second-order valence-corrected chi connectivity index (χ2v) is 6.20. The number of amides is 1. The third-order valence-corrected chi connectivity index (χ3v) is 3.89. The van der Waals surface area contributed by atoms with Gasteiger partial charge in [0.2, 0.25) is 0 Å². The maximum absolute atomic E-state index is 12.4. The Morgan fingerprint density at radius 3 is 1.96 bits per heavy atom. The SMILES string of the molecule is CC(=O)OC(C)N(c1cccc(NC(=O)c2ccccc2)c1)C(C)OC(C)=O. The Bertz CT molecular complexity index is 816. The molecule has 0 aromatic heterocycles. The van der Waals surface area contributed by atoms with Gasteiger partial charge in [-0.05, 0) is 44.2 Å². The van der Waals surface area contributed by atoms with Gasteiger partial charge in [-0.15, -0.1) is 0 Å². The molecule has 0 aliphatic rings. The van der Waals surface area contributed by atoms with Crippen molar-refractivity contribution in [2.24, 2.45) is 0 Å². The minimum absolute atomic E-state index is 0.245. The third-order valence-electron chi connectivity index (χ3n) is 3.89. The first-order chi connectivity index (χ1) is 13.3. The number of ether oxygens (including phenoxy) is 2. The van der Waals surface area contributed by atoms with Crippen molar-refractivity contribution in [2.75, 3.05) is 10.2 Å². The molecule has 0 aliphatic heterocycles. The molecular formula is C21H24N2O5. The van der Waals surface area contributed by atoms with Crippen LogP contribution in [0, 0.1) is 0 Å². The van der Waals surface area contributed by atoms with Crippen LogP contribution < -0.4 is 10.2 Å². The molecule has 2 atom stereocenters. The largest absolute Gasteiger partial charge is 0.442 e. The molecule has 1 N–H and O–H groups in total. The van der Waals surface area contributed by atoms with E-state index in [1.165, 1.54) is 13.8 Å². The van der Waals surface area contributed by atoms with Crippen molar-refractivity contribution >= 4 is 29.2 Å². The number of hydrogen-bond donors (Lipinski definition) is 1. The topological polar surface area (TPSA) is 84.9 Å². The van der Waals surface area contributed by atoms with E-state index in [1.54, 1.807) is 67.3 Å². The first kappa shape index (κ1) is 21.0. The molecule has 0 radical (unpaired) electrons. The molecule has 148 valence electrons. The molecule has 28 heavy (non-hydrogen) atoms. The molecule has 2 unspecified atom stereocenters. The first-order valence-electron chi connectivity index (χ1n) is 8.87. The summed E-state index contributed by atoms with van der Waals surface area (Å²) >= 11 is 0. The van der Waals surface area contributed by atoms with Crippen LogP contribution in [0.15, 0.2) is 54.6 Å². The van der Waals surface area contributed by atoms with Gasteiger partial charge in [0, 0.05) is 30.8 Å². The van der Waals surface area contributed by atoms with E-state index in [-0.39, 0.29) is 5.91 Å². The lowest BCUT2D eigenvalue weighted by atomic mass is 10.2. The van der Waals surface area contributed by atoms with Crippen molar-refractivity contribution in [1.29, 1.82) is 0 Å². The summed E-state index contributed by atoms with van der Waals surface area (Å²) in [6, 6.07) is 15.8. The van der Waals surface area contributed by atoms with Gasteiger partial charge >= 0.3 is 11.9 Å². The van der Waals surface area contributed by atoms with Gasteiger partial charge in [-0.25, -0.2) is 0 Å². The highest BCUT2D eigenvalue weighted by molar-refractivity contribution is 6.04. The van der Waals surface area contributed by atoms with Gasteiger partial charge in [0.1, 0.15) is 0 Å². The van der Waals surface area contributed by atoms with Crippen LogP contribution in [0.5, 0.6) is 0 Å². The van der Waals surface area contributed by atoms with Crippen molar-refractivity contribution in [3.05, 3.63) is 60.2 Å². The molecule has 2 aromatic rings. The van der Waals surface area contributed by atoms with E-state index in [0.717, 1.165) is 0 Å². The van der Waals surface area contributed by atoms with Gasteiger partial charge in [0.25, 0.3) is 5.91 Å². The fourth-order valence-electron chi connectivity index (χ4n) is 2.85. The molecule has 2 rings (SSSR count). The van der Waals surface area contributed by atoms with Gasteiger partial charge < -0.3 is 19.7 Å². The second kappa shape index (κ2) is 9.55. The lowest BCUT2D eigenvalue weighted by Gasteiger charge is -2.35. The zero-order chi connectivity index (χ0) is 20.7. The summed E-state index contributed by atoms with van der Waals surface area (Å²) in [4.78, 5) is 36.8. The summed E-state index contributed by atoms with van der Waals surface area (Å²) in [5, 5.41) is 2.83. The van der Waals surface area contributed by atoms with Gasteiger partial charge in [0.15, 0.2) is 12.5 Å². The van der Waals surface area contributed by atoms with Crippen molar-refractivity contribution in [1.82, 2.24) is 0 Å². The van der Waals surface area contributed by atoms with Gasteiger partial charge in [0.05, 0.1) is 0 Å². The Kier molecular flexibility index (Phi) is 7.14. The van der Waals surface area contributed by atoms with Crippen LogP contribution in [0.4, 0.5) is 11.4 Å². The summed E-state index contributed by atoms with van der Waals surface area (Å²) in [6.07, 6.45) is -1.38. The summed E-state index contributed by atoms with van der Waals surface area (Å²) in [7, 11) is 0. The van der Waals surface area contributed by atoms with Crippen molar-refractivity contribution in [2.45, 2.75) is 40.2 Å². The number of benzene rings is 2. The zero-order valence-electron chi connectivity index (χ0n) is 16.3. The highest BCUT2D eigenvalue weighted by Gasteiger charge is 2.25. The molecule has 7 nitrogen and oxygen atoms in total. The molecule has 0 bridgehead atoms. The van der Waals surface area contributed by atoms with Crippen molar-refractivity contribution in [3.63, 3.8) is 0 Å². The van der Waals surface area contributed by atoms with Crippen LogP contribution in [-0.4, -0.2) is 30.3 Å². The average molecular weight is 384 g/mol. The molecule has 0 saturated carbocycles. The van der Waals surface area contributed by atoms with Crippen LogP contribution in [0.3, 0.4) is 0 Å². The number of rotatable bonds is 7. The number of carbonyl (C=O) groups excluding carboxylic acids is 3. The number of nitrogens with one attached hydrogen (secondary N) is 1. The summed E-state index contributed by atoms with van der Waals surface area (Å²) in [5.41, 5.74) is 1.71. The number of carbonyl (C=O) groups is 3. The fourth-order valence-corrected chi connectivity index (χ4v) is 2.85. The molecule has 0 fully saturated rings. The Morgan fingerprint density at radius 2 is 1.43 bits per heavy atom. The van der Waals surface area contributed by atoms with E-state index in [9.17, 15) is 14.4 Å². The third kappa shape index (κ3) is 5.84. The van der Waals surface area contributed by atoms with E-state index in [4.69, 9.17) is 9.47 Å². The van der Waals surface area contributed by atoms with Crippen molar-refractivity contribution < 1.29 is 23.9 Å². The van der Waals surface area contributed by atoms with E-state index in [2.05, 4.69) is 5.32 Å². The van der Waals surface area contributed by atoms with Crippen LogP contribution in [0.2, 0.25) is 0 Å². The Labute approximate surface area is 164 Å². The normalized spacial score (nSPS) is 12.4. The first-order valence-corrected chi connectivity index (χ1v) is 8.87. The van der Waals surface area contributed by atoms with Gasteiger partial charge in [-0.2, -0.15) is 0 Å². The lowest BCUT2D eigenvalue weighted by molar-refractivity contribution is -0.150. The highest BCUT2D eigenvalue weighted by atomic mass is 16.6. The number of anilines is 2. The molecule has 0 saturated heterocycles. The quantitative estimate of drug-likeness (QED) is 0.580. The van der Waals surface area contributed by atoms with E-state index < -0.39 is 24.4 Å². The smallest absolute Gasteiger partial charge is 0.304 e. The molecule has 7 heteroatoms. The molecule has 2 aromatic carbocycles. The number of esters is 2. The Morgan fingerprint density at radius 1 is 0.857 bits per heavy atom. The van der Waals surface area contributed by atoms with E-state index >= 15 is 0 Å². The predicted molar refractivity (Wildman–Crippen MR) is 106 cm³/mol. The molecule has 0 aliphatic carbocycles. The Hall–Kier alpha value is -3.35. The van der Waals surface area contributed by atoms with Gasteiger partial charge in [-0.3, -0.25) is 14.4 Å². The summed E-state index contributed by atoms with van der Waals surface area (Å²) in [6.45, 7) is 5.97. The maximum Gasteiger partial charge on any atom is 0.304 e. The molecule has 0 heterocycles. The highest BCUT2D eigenvalue weighted by Crippen LogP contribution is 2.25. The molecule has 0 spiro atoms. The number of nitrogens with zero attached hydrogens (tertiary/aromatic N) is 1. The second-order valence-electron chi connectivity index (χ2n) is 6.20. The van der Waals surface area contributed by atoms with Crippen LogP contribution >= 0.6 is 0 Å². The molecular weight excluding hydrogens is 360 g/mol. The van der Waals surface area contributed by atoms with Crippen LogP contribution in [0.25, 0.3) is 0 Å². The monoisotopic (exact) mass is 384 g/mol. The van der Waals surface area contributed by atoms with Gasteiger partial charge in [-0.1, -0.05) is 24.3 Å². The minimum atomic E-state index is -0.688.